The van der Waals surface area contributed by atoms with Crippen molar-refractivity contribution in [2.24, 2.45) is 0 Å². The zero-order valence-electron chi connectivity index (χ0n) is 13.3. The van der Waals surface area contributed by atoms with Crippen LogP contribution >= 0.6 is 11.6 Å². The van der Waals surface area contributed by atoms with Crippen LogP contribution in [0.5, 0.6) is 5.75 Å². The van der Waals surface area contributed by atoms with Crippen LogP contribution in [0.25, 0.3) is 0 Å². The number of rotatable bonds is 1. The van der Waals surface area contributed by atoms with E-state index in [9.17, 15) is 9.59 Å². The van der Waals surface area contributed by atoms with E-state index < -0.39 is 23.5 Å². The molecule has 0 unspecified atom stereocenters. The maximum atomic E-state index is 12.8. The van der Waals surface area contributed by atoms with Gasteiger partial charge >= 0.3 is 11.9 Å². The zero-order chi connectivity index (χ0) is 17.1. The number of fused-ring (bicyclic) bond motifs is 2. The fourth-order valence-corrected chi connectivity index (χ4v) is 3.83. The molecule has 0 aliphatic carbocycles. The first-order chi connectivity index (χ1) is 11.4. The summed E-state index contributed by atoms with van der Waals surface area (Å²) >= 11 is 5.96. The van der Waals surface area contributed by atoms with Crippen molar-refractivity contribution >= 4 is 23.5 Å². The third-order valence-electron chi connectivity index (χ3n) is 4.84. The van der Waals surface area contributed by atoms with Crippen molar-refractivity contribution in [3.8, 4) is 5.75 Å². The van der Waals surface area contributed by atoms with Gasteiger partial charge in [-0.05, 0) is 42.7 Å². The van der Waals surface area contributed by atoms with E-state index in [-0.39, 0.29) is 6.42 Å². The van der Waals surface area contributed by atoms with Crippen molar-refractivity contribution < 1.29 is 19.1 Å². The molecule has 2 aromatic rings. The number of benzene rings is 2. The van der Waals surface area contributed by atoms with Gasteiger partial charge in [0, 0.05) is 10.9 Å². The summed E-state index contributed by atoms with van der Waals surface area (Å²) < 4.78 is 11.2. The fraction of sp³-hybridized carbons (Fsp3) is 0.263. The molecule has 1 spiro atoms. The fourth-order valence-electron chi connectivity index (χ4n) is 3.71. The maximum Gasteiger partial charge on any atom is 0.361 e. The lowest BCUT2D eigenvalue weighted by Crippen LogP contribution is -2.38. The van der Waals surface area contributed by atoms with Crippen LogP contribution in [-0.2, 0) is 19.9 Å². The van der Waals surface area contributed by atoms with Crippen LogP contribution in [0, 0.1) is 13.8 Å². The van der Waals surface area contributed by atoms with Crippen molar-refractivity contribution in [3.63, 3.8) is 0 Å². The number of esters is 2. The predicted octanol–water partition coefficient (Wildman–Crippen LogP) is 3.80. The van der Waals surface area contributed by atoms with Crippen LogP contribution in [0.4, 0.5) is 0 Å². The lowest BCUT2D eigenvalue weighted by molar-refractivity contribution is -0.166. The second-order valence-electron chi connectivity index (χ2n) is 6.31. The molecule has 5 heteroatoms. The largest absolute Gasteiger partial charge is 0.441 e. The van der Waals surface area contributed by atoms with E-state index in [2.05, 4.69) is 0 Å². The quantitative estimate of drug-likeness (QED) is 0.584. The molecule has 4 rings (SSSR count). The van der Waals surface area contributed by atoms with Crippen molar-refractivity contribution in [1.82, 2.24) is 0 Å². The highest BCUT2D eigenvalue weighted by molar-refractivity contribution is 6.30. The summed E-state index contributed by atoms with van der Waals surface area (Å²) in [5.74, 6) is -0.855. The van der Waals surface area contributed by atoms with E-state index in [0.717, 1.165) is 16.7 Å². The highest BCUT2D eigenvalue weighted by Crippen LogP contribution is 2.56. The van der Waals surface area contributed by atoms with E-state index in [1.54, 1.807) is 12.1 Å². The molecule has 0 saturated carbocycles. The first kappa shape index (κ1) is 15.2. The highest BCUT2D eigenvalue weighted by atomic mass is 35.5. The van der Waals surface area contributed by atoms with Gasteiger partial charge in [0.15, 0.2) is 0 Å². The normalized spacial score (nSPS) is 24.9. The second-order valence-corrected chi connectivity index (χ2v) is 6.75. The Hall–Kier alpha value is -2.33. The lowest BCUT2D eigenvalue weighted by atomic mass is 9.76. The molecule has 0 radical (unpaired) electrons. The molecule has 2 heterocycles. The number of carbonyl (C=O) groups is 2. The molecule has 0 N–H and O–H groups in total. The molecule has 2 aromatic carbocycles. The number of halogens is 1. The summed E-state index contributed by atoms with van der Waals surface area (Å²) in [4.78, 5) is 25.0. The summed E-state index contributed by atoms with van der Waals surface area (Å²) in [7, 11) is 0. The van der Waals surface area contributed by atoms with Crippen LogP contribution in [0.1, 0.15) is 34.6 Å². The topological polar surface area (TPSA) is 52.6 Å². The molecule has 0 bridgehead atoms. The second kappa shape index (κ2) is 5.08. The molecule has 0 amide bonds. The summed E-state index contributed by atoms with van der Waals surface area (Å²) in [6, 6.07) is 11.0. The molecule has 1 saturated heterocycles. The van der Waals surface area contributed by atoms with Crippen LogP contribution in [0.2, 0.25) is 5.02 Å². The van der Waals surface area contributed by atoms with Gasteiger partial charge in [0.1, 0.15) is 5.75 Å². The van der Waals surface area contributed by atoms with E-state index in [0.29, 0.717) is 16.3 Å². The summed E-state index contributed by atoms with van der Waals surface area (Å²) in [5, 5.41) is 0.597. The van der Waals surface area contributed by atoms with Gasteiger partial charge in [-0.25, -0.2) is 4.79 Å². The van der Waals surface area contributed by atoms with Crippen molar-refractivity contribution in [2.45, 2.75) is 31.8 Å². The molecule has 24 heavy (non-hydrogen) atoms. The molecule has 2 atom stereocenters. The molecule has 122 valence electrons. The smallest absolute Gasteiger partial charge is 0.361 e. The van der Waals surface area contributed by atoms with Crippen molar-refractivity contribution in [1.29, 1.82) is 0 Å². The van der Waals surface area contributed by atoms with Gasteiger partial charge in [-0.15, -0.1) is 0 Å². The standard InChI is InChI=1S/C19H15ClO4/c1-10-3-4-11(2)17-16(10)19(18(22)23-17)14(9-15(21)24-19)12-5-7-13(20)8-6-12/h3-8,14H,9H2,1-2H3/t14-,19+/m0/s1. The Morgan fingerprint density at radius 2 is 1.71 bits per heavy atom. The minimum atomic E-state index is -1.41. The SMILES string of the molecule is Cc1ccc(C)c2c1OC(=O)[C@]21OC(=O)C[C@H]1c1ccc(Cl)cc1. The van der Waals surface area contributed by atoms with Crippen LogP contribution in [0.15, 0.2) is 36.4 Å². The minimum absolute atomic E-state index is 0.129. The van der Waals surface area contributed by atoms with E-state index in [1.165, 1.54) is 0 Å². The first-order valence-corrected chi connectivity index (χ1v) is 8.11. The van der Waals surface area contributed by atoms with Gasteiger partial charge in [0.05, 0.1) is 12.0 Å². The molecule has 0 aromatic heterocycles. The number of aryl methyl sites for hydroxylation is 2. The molecule has 2 aliphatic rings. The average molecular weight is 343 g/mol. The van der Waals surface area contributed by atoms with Crippen LogP contribution < -0.4 is 4.74 Å². The van der Waals surface area contributed by atoms with E-state index in [4.69, 9.17) is 21.1 Å². The average Bonchev–Trinajstić information content (AvgIpc) is 3.04. The highest BCUT2D eigenvalue weighted by Gasteiger charge is 2.63. The number of carbonyl (C=O) groups excluding carboxylic acids is 2. The summed E-state index contributed by atoms with van der Waals surface area (Å²) in [6.07, 6.45) is 0.129. The Morgan fingerprint density at radius 3 is 2.42 bits per heavy atom. The first-order valence-electron chi connectivity index (χ1n) is 7.73. The Kier molecular flexibility index (Phi) is 3.22. The Balaban J connectivity index is 1.96. The number of hydrogen-bond acceptors (Lipinski definition) is 4. The summed E-state index contributed by atoms with van der Waals surface area (Å²) in [5.41, 5.74) is 1.80. The van der Waals surface area contributed by atoms with Crippen LogP contribution in [0.3, 0.4) is 0 Å². The number of ether oxygens (including phenoxy) is 2. The molecular formula is C19H15ClO4. The molecule has 2 aliphatic heterocycles. The molecule has 1 fully saturated rings. The minimum Gasteiger partial charge on any atom is -0.441 e. The van der Waals surface area contributed by atoms with Gasteiger partial charge in [-0.1, -0.05) is 35.9 Å². The van der Waals surface area contributed by atoms with E-state index >= 15 is 0 Å². The Morgan fingerprint density at radius 1 is 1.04 bits per heavy atom. The van der Waals surface area contributed by atoms with Gasteiger partial charge in [-0.2, -0.15) is 0 Å². The lowest BCUT2D eigenvalue weighted by Gasteiger charge is -2.27. The van der Waals surface area contributed by atoms with Crippen LogP contribution in [-0.4, -0.2) is 11.9 Å². The summed E-state index contributed by atoms with van der Waals surface area (Å²) in [6.45, 7) is 3.77. The predicted molar refractivity (Wildman–Crippen MR) is 88.1 cm³/mol. The maximum absolute atomic E-state index is 12.8. The third kappa shape index (κ3) is 1.93. The van der Waals surface area contributed by atoms with Gasteiger partial charge < -0.3 is 9.47 Å². The zero-order valence-corrected chi connectivity index (χ0v) is 14.0. The molecular weight excluding hydrogens is 328 g/mol. The Bertz CT molecular complexity index is 872. The third-order valence-corrected chi connectivity index (χ3v) is 5.09. The van der Waals surface area contributed by atoms with Gasteiger partial charge in [0.25, 0.3) is 0 Å². The Labute approximate surface area is 144 Å². The van der Waals surface area contributed by atoms with Gasteiger partial charge in [-0.3, -0.25) is 4.79 Å². The van der Waals surface area contributed by atoms with E-state index in [1.807, 2.05) is 38.1 Å². The molecule has 4 nitrogen and oxygen atoms in total. The monoisotopic (exact) mass is 342 g/mol. The van der Waals surface area contributed by atoms with Crippen molar-refractivity contribution in [3.05, 3.63) is 63.7 Å². The van der Waals surface area contributed by atoms with Gasteiger partial charge in [0.2, 0.25) is 5.60 Å². The number of hydrogen-bond donors (Lipinski definition) is 0. The van der Waals surface area contributed by atoms with Crippen molar-refractivity contribution in [2.75, 3.05) is 0 Å².